The molecule has 2 rings (SSSR count). The SMILES string of the molecule is O=C(O)N[C@H](C(=O)N1CC(F)(F)C(F)(F)C1)C1CCCCC1. The Kier molecular flexibility index (Phi) is 4.53. The molecule has 0 bridgehead atoms. The molecule has 0 aromatic heterocycles. The molecule has 1 saturated heterocycles. The van der Waals surface area contributed by atoms with Crippen molar-refractivity contribution in [2.24, 2.45) is 5.92 Å². The lowest BCUT2D eigenvalue weighted by Crippen LogP contribution is -2.52. The van der Waals surface area contributed by atoms with Gasteiger partial charge >= 0.3 is 17.9 Å². The van der Waals surface area contributed by atoms with E-state index < -0.39 is 43.0 Å². The Morgan fingerprint density at radius 3 is 2.00 bits per heavy atom. The van der Waals surface area contributed by atoms with Gasteiger partial charge in [0.2, 0.25) is 5.91 Å². The molecule has 0 radical (unpaired) electrons. The highest BCUT2D eigenvalue weighted by atomic mass is 19.3. The van der Waals surface area contributed by atoms with Crippen LogP contribution in [0.4, 0.5) is 22.4 Å². The Labute approximate surface area is 124 Å². The molecule has 0 aromatic carbocycles. The first kappa shape index (κ1) is 16.8. The number of nitrogens with zero attached hydrogens (tertiary/aromatic N) is 1. The first-order valence-corrected chi connectivity index (χ1v) is 7.18. The van der Waals surface area contributed by atoms with Gasteiger partial charge in [0.1, 0.15) is 6.04 Å². The summed E-state index contributed by atoms with van der Waals surface area (Å²) in [6.45, 7) is -2.77. The molecule has 1 aliphatic carbocycles. The molecule has 1 heterocycles. The predicted octanol–water partition coefficient (Wildman–Crippen LogP) is 2.32. The maximum Gasteiger partial charge on any atom is 0.405 e. The van der Waals surface area contributed by atoms with E-state index >= 15 is 0 Å². The van der Waals surface area contributed by atoms with Crippen molar-refractivity contribution in [2.45, 2.75) is 50.0 Å². The van der Waals surface area contributed by atoms with Gasteiger partial charge in [0, 0.05) is 0 Å². The molecule has 5 nitrogen and oxygen atoms in total. The summed E-state index contributed by atoms with van der Waals surface area (Å²) in [4.78, 5) is 23.5. The average Bonchev–Trinajstić information content (AvgIpc) is 2.65. The Morgan fingerprint density at radius 1 is 1.05 bits per heavy atom. The minimum absolute atomic E-state index is 0.347. The number of nitrogens with one attached hydrogen (secondary N) is 1. The lowest BCUT2D eigenvalue weighted by atomic mass is 9.83. The van der Waals surface area contributed by atoms with Gasteiger partial charge in [-0.15, -0.1) is 0 Å². The summed E-state index contributed by atoms with van der Waals surface area (Å²) in [5.41, 5.74) is 0. The zero-order valence-electron chi connectivity index (χ0n) is 11.8. The first-order chi connectivity index (χ1) is 10.1. The Morgan fingerprint density at radius 2 is 1.55 bits per heavy atom. The summed E-state index contributed by atoms with van der Waals surface area (Å²) >= 11 is 0. The standard InChI is InChI=1S/C13H18F4N2O3/c14-12(15)6-19(7-13(12,16)17)10(20)9(18-11(21)22)8-4-2-1-3-5-8/h8-9,18H,1-7H2,(H,21,22)/t9-/m0/s1. The Hall–Kier alpha value is -1.54. The number of carbonyl (C=O) groups excluding carboxylic acids is 1. The van der Waals surface area contributed by atoms with Crippen LogP contribution in [0.3, 0.4) is 0 Å². The molecule has 2 N–H and O–H groups in total. The van der Waals surface area contributed by atoms with Crippen molar-refractivity contribution in [1.82, 2.24) is 10.2 Å². The van der Waals surface area contributed by atoms with E-state index in [1.807, 2.05) is 5.32 Å². The number of likely N-dealkylation sites (tertiary alicyclic amines) is 1. The third-order valence-corrected chi connectivity index (χ3v) is 4.29. The van der Waals surface area contributed by atoms with Crippen molar-refractivity contribution >= 4 is 12.0 Å². The minimum atomic E-state index is -4.29. The average molecular weight is 326 g/mol. The number of alkyl halides is 4. The number of hydrogen-bond acceptors (Lipinski definition) is 2. The number of hydrogen-bond donors (Lipinski definition) is 2. The molecule has 0 aromatic rings. The molecule has 2 amide bonds. The van der Waals surface area contributed by atoms with Gasteiger partial charge in [0.25, 0.3) is 0 Å². The molecule has 1 aliphatic heterocycles. The smallest absolute Gasteiger partial charge is 0.405 e. The van der Waals surface area contributed by atoms with Gasteiger partial charge in [0.05, 0.1) is 13.1 Å². The second-order valence-electron chi connectivity index (χ2n) is 5.93. The van der Waals surface area contributed by atoms with Gasteiger partial charge < -0.3 is 15.3 Å². The van der Waals surface area contributed by atoms with E-state index in [1.54, 1.807) is 0 Å². The van der Waals surface area contributed by atoms with Crippen LogP contribution in [0.2, 0.25) is 0 Å². The van der Waals surface area contributed by atoms with Crippen LogP contribution in [0.1, 0.15) is 32.1 Å². The predicted molar refractivity (Wildman–Crippen MR) is 68.0 cm³/mol. The fourth-order valence-electron chi connectivity index (χ4n) is 3.10. The molecule has 22 heavy (non-hydrogen) atoms. The van der Waals surface area contributed by atoms with Crippen molar-refractivity contribution < 1.29 is 32.3 Å². The third kappa shape index (κ3) is 3.27. The van der Waals surface area contributed by atoms with Crippen LogP contribution in [0.5, 0.6) is 0 Å². The van der Waals surface area contributed by atoms with Crippen molar-refractivity contribution in [3.05, 3.63) is 0 Å². The molecular weight excluding hydrogens is 308 g/mol. The van der Waals surface area contributed by atoms with E-state index in [0.29, 0.717) is 17.7 Å². The summed E-state index contributed by atoms with van der Waals surface area (Å²) in [6, 6.07) is -1.25. The normalized spacial score (nSPS) is 25.7. The van der Waals surface area contributed by atoms with E-state index in [9.17, 15) is 27.2 Å². The van der Waals surface area contributed by atoms with Crippen molar-refractivity contribution in [2.75, 3.05) is 13.1 Å². The van der Waals surface area contributed by atoms with Crippen molar-refractivity contribution in [1.29, 1.82) is 0 Å². The van der Waals surface area contributed by atoms with E-state index in [2.05, 4.69) is 0 Å². The van der Waals surface area contributed by atoms with Crippen LogP contribution in [0.25, 0.3) is 0 Å². The molecule has 1 atom stereocenters. The maximum absolute atomic E-state index is 13.2. The highest BCUT2D eigenvalue weighted by Gasteiger charge is 2.64. The quantitative estimate of drug-likeness (QED) is 0.782. The van der Waals surface area contributed by atoms with Gasteiger partial charge in [-0.3, -0.25) is 4.79 Å². The molecular formula is C13H18F4N2O3. The summed E-state index contributed by atoms with van der Waals surface area (Å²) < 4.78 is 52.9. The molecule has 126 valence electrons. The van der Waals surface area contributed by atoms with E-state index in [1.165, 1.54) is 0 Å². The second kappa shape index (κ2) is 5.92. The van der Waals surface area contributed by atoms with Crippen molar-refractivity contribution in [3.63, 3.8) is 0 Å². The summed E-state index contributed by atoms with van der Waals surface area (Å²) in [5, 5.41) is 10.9. The lowest BCUT2D eigenvalue weighted by molar-refractivity contribution is -0.172. The fourth-order valence-corrected chi connectivity index (χ4v) is 3.10. The second-order valence-corrected chi connectivity index (χ2v) is 5.93. The van der Waals surface area contributed by atoms with Crippen molar-refractivity contribution in [3.8, 4) is 0 Å². The third-order valence-electron chi connectivity index (χ3n) is 4.29. The zero-order valence-corrected chi connectivity index (χ0v) is 11.8. The molecule has 1 saturated carbocycles. The Balaban J connectivity index is 2.14. The number of amides is 2. The number of carboxylic acid groups (broad SMARTS) is 1. The van der Waals surface area contributed by atoms with Gasteiger partial charge in [0.15, 0.2) is 0 Å². The van der Waals surface area contributed by atoms with Gasteiger partial charge in [-0.05, 0) is 18.8 Å². The molecule has 2 fully saturated rings. The van der Waals surface area contributed by atoms with E-state index in [-0.39, 0.29) is 5.92 Å². The van der Waals surface area contributed by atoms with E-state index in [0.717, 1.165) is 19.3 Å². The van der Waals surface area contributed by atoms with Crippen LogP contribution >= 0.6 is 0 Å². The highest BCUT2D eigenvalue weighted by Crippen LogP contribution is 2.41. The fraction of sp³-hybridized carbons (Fsp3) is 0.846. The number of rotatable bonds is 3. The highest BCUT2D eigenvalue weighted by molar-refractivity contribution is 5.86. The lowest BCUT2D eigenvalue weighted by Gasteiger charge is -2.31. The molecule has 0 unspecified atom stereocenters. The van der Waals surface area contributed by atoms with Crippen LogP contribution in [0, 0.1) is 5.92 Å². The largest absolute Gasteiger partial charge is 0.465 e. The summed E-state index contributed by atoms with van der Waals surface area (Å²) in [5.74, 6) is -9.92. The van der Waals surface area contributed by atoms with Crippen LogP contribution in [-0.2, 0) is 4.79 Å². The Bertz CT molecular complexity index is 437. The van der Waals surface area contributed by atoms with Crippen LogP contribution in [-0.4, -0.2) is 53.0 Å². The number of carbonyl (C=O) groups is 2. The van der Waals surface area contributed by atoms with Gasteiger partial charge in [-0.25, -0.2) is 4.79 Å². The van der Waals surface area contributed by atoms with Crippen LogP contribution < -0.4 is 5.32 Å². The van der Waals surface area contributed by atoms with Gasteiger partial charge in [-0.1, -0.05) is 19.3 Å². The molecule has 2 aliphatic rings. The van der Waals surface area contributed by atoms with Crippen LogP contribution in [0.15, 0.2) is 0 Å². The van der Waals surface area contributed by atoms with Gasteiger partial charge in [-0.2, -0.15) is 17.6 Å². The topological polar surface area (TPSA) is 69.6 Å². The monoisotopic (exact) mass is 326 g/mol. The molecule has 9 heteroatoms. The first-order valence-electron chi connectivity index (χ1n) is 7.18. The summed E-state index contributed by atoms with van der Waals surface area (Å²) in [7, 11) is 0. The molecule has 0 spiro atoms. The summed E-state index contributed by atoms with van der Waals surface area (Å²) in [6.07, 6.45) is 2.20. The minimum Gasteiger partial charge on any atom is -0.465 e. The maximum atomic E-state index is 13.2. The number of halogens is 4. The van der Waals surface area contributed by atoms with E-state index in [4.69, 9.17) is 5.11 Å². The zero-order chi connectivity index (χ0) is 16.5.